The molecule has 0 aliphatic carbocycles. The Hall–Kier alpha value is -2.71. The SMILES string of the molecule is FC(F)(F)c1ccc(-c2cn(Cc3ccn[nH]3)nn2)nc1. The fraction of sp³-hybridized carbons (Fsp3) is 0.167. The minimum atomic E-state index is -4.40. The predicted octanol–water partition coefficient (Wildman–Crippen LogP) is 2.13. The lowest BCUT2D eigenvalue weighted by Crippen LogP contribution is -2.05. The fourth-order valence-corrected chi connectivity index (χ4v) is 1.75. The summed E-state index contributed by atoms with van der Waals surface area (Å²) in [5, 5.41) is 14.4. The molecule has 3 aromatic rings. The summed E-state index contributed by atoms with van der Waals surface area (Å²) >= 11 is 0. The molecule has 0 bridgehead atoms. The molecule has 0 saturated carbocycles. The number of aromatic amines is 1. The van der Waals surface area contributed by atoms with Crippen LogP contribution in [0.4, 0.5) is 13.2 Å². The Kier molecular flexibility index (Phi) is 3.16. The van der Waals surface area contributed by atoms with E-state index in [1.54, 1.807) is 23.1 Å². The largest absolute Gasteiger partial charge is 0.417 e. The third-order valence-corrected chi connectivity index (χ3v) is 2.78. The number of aromatic nitrogens is 6. The Morgan fingerprint density at radius 3 is 2.62 bits per heavy atom. The van der Waals surface area contributed by atoms with Crippen LogP contribution in [0.2, 0.25) is 0 Å². The maximum atomic E-state index is 12.5. The van der Waals surface area contributed by atoms with E-state index in [4.69, 9.17) is 0 Å². The number of hydrogen-bond acceptors (Lipinski definition) is 4. The number of H-pyrrole nitrogens is 1. The quantitative estimate of drug-likeness (QED) is 0.803. The molecule has 0 spiro atoms. The van der Waals surface area contributed by atoms with Crippen molar-refractivity contribution in [3.63, 3.8) is 0 Å². The van der Waals surface area contributed by atoms with Crippen LogP contribution in [0.25, 0.3) is 11.4 Å². The summed E-state index contributed by atoms with van der Waals surface area (Å²) in [6, 6.07) is 4.03. The molecular weight excluding hydrogens is 285 g/mol. The summed E-state index contributed by atoms with van der Waals surface area (Å²) in [5.74, 6) is 0. The minimum absolute atomic E-state index is 0.332. The van der Waals surface area contributed by atoms with Crippen molar-refractivity contribution in [2.24, 2.45) is 0 Å². The summed E-state index contributed by atoms with van der Waals surface area (Å²) < 4.78 is 38.9. The van der Waals surface area contributed by atoms with Gasteiger partial charge in [-0.1, -0.05) is 5.21 Å². The number of hydrogen-bond donors (Lipinski definition) is 1. The second-order valence-corrected chi connectivity index (χ2v) is 4.31. The monoisotopic (exact) mass is 294 g/mol. The van der Waals surface area contributed by atoms with Crippen LogP contribution in [0, 0.1) is 0 Å². The van der Waals surface area contributed by atoms with Crippen LogP contribution in [0.5, 0.6) is 0 Å². The van der Waals surface area contributed by atoms with Crippen molar-refractivity contribution in [1.82, 2.24) is 30.2 Å². The Morgan fingerprint density at radius 2 is 2.00 bits per heavy atom. The molecule has 0 amide bonds. The van der Waals surface area contributed by atoms with Gasteiger partial charge >= 0.3 is 6.18 Å². The lowest BCUT2D eigenvalue weighted by molar-refractivity contribution is -0.137. The first kappa shape index (κ1) is 13.3. The van der Waals surface area contributed by atoms with Gasteiger partial charge in [-0.15, -0.1) is 5.10 Å². The van der Waals surface area contributed by atoms with Crippen LogP contribution in [0.3, 0.4) is 0 Å². The van der Waals surface area contributed by atoms with Crippen molar-refractivity contribution in [2.75, 3.05) is 0 Å². The molecule has 0 aromatic carbocycles. The minimum Gasteiger partial charge on any atom is -0.281 e. The summed E-state index contributed by atoms with van der Waals surface area (Å²) in [7, 11) is 0. The Labute approximate surface area is 116 Å². The zero-order valence-corrected chi connectivity index (χ0v) is 10.5. The average Bonchev–Trinajstić information content (AvgIpc) is 3.10. The molecule has 21 heavy (non-hydrogen) atoms. The molecule has 0 unspecified atom stereocenters. The molecule has 0 aliphatic heterocycles. The highest BCUT2D eigenvalue weighted by Gasteiger charge is 2.30. The van der Waals surface area contributed by atoms with Crippen molar-refractivity contribution < 1.29 is 13.2 Å². The Bertz CT molecular complexity index is 714. The summed E-state index contributed by atoms with van der Waals surface area (Å²) in [4.78, 5) is 3.77. The van der Waals surface area contributed by atoms with E-state index in [1.807, 2.05) is 0 Å². The highest BCUT2D eigenvalue weighted by Crippen LogP contribution is 2.29. The second kappa shape index (κ2) is 5.00. The van der Waals surface area contributed by atoms with Gasteiger partial charge in [-0.2, -0.15) is 18.3 Å². The Balaban J connectivity index is 1.80. The molecule has 0 saturated heterocycles. The van der Waals surface area contributed by atoms with Crippen LogP contribution in [0.15, 0.2) is 36.8 Å². The Morgan fingerprint density at radius 1 is 1.14 bits per heavy atom. The molecule has 6 nitrogen and oxygen atoms in total. The molecule has 0 atom stereocenters. The van der Waals surface area contributed by atoms with E-state index < -0.39 is 11.7 Å². The molecule has 108 valence electrons. The maximum Gasteiger partial charge on any atom is 0.417 e. The van der Waals surface area contributed by atoms with Crippen LogP contribution >= 0.6 is 0 Å². The van der Waals surface area contributed by atoms with Gasteiger partial charge in [0.05, 0.1) is 29.7 Å². The number of halogens is 3. The molecule has 0 radical (unpaired) electrons. The smallest absolute Gasteiger partial charge is 0.281 e. The maximum absolute atomic E-state index is 12.5. The molecule has 1 N–H and O–H groups in total. The molecule has 3 aromatic heterocycles. The van der Waals surface area contributed by atoms with Gasteiger partial charge in [0.25, 0.3) is 0 Å². The lowest BCUT2D eigenvalue weighted by Gasteiger charge is -2.05. The number of nitrogens with one attached hydrogen (secondary N) is 1. The molecule has 3 heterocycles. The standard InChI is InChI=1S/C12H9F3N6/c13-12(14,15)8-1-2-10(16-5-8)11-7-21(20-19-11)6-9-3-4-17-18-9/h1-5,7H,6H2,(H,17,18). The first-order valence-electron chi connectivity index (χ1n) is 5.94. The van der Waals surface area contributed by atoms with Gasteiger partial charge in [0.2, 0.25) is 0 Å². The predicted molar refractivity (Wildman–Crippen MR) is 65.9 cm³/mol. The zero-order valence-electron chi connectivity index (χ0n) is 10.5. The van der Waals surface area contributed by atoms with Gasteiger partial charge < -0.3 is 0 Å². The number of rotatable bonds is 3. The van der Waals surface area contributed by atoms with Crippen LogP contribution in [-0.4, -0.2) is 30.2 Å². The summed E-state index contributed by atoms with van der Waals surface area (Å²) in [5.41, 5.74) is 0.782. The van der Waals surface area contributed by atoms with Crippen molar-refractivity contribution in [2.45, 2.75) is 12.7 Å². The third kappa shape index (κ3) is 2.91. The van der Waals surface area contributed by atoms with Gasteiger partial charge in [0.15, 0.2) is 0 Å². The lowest BCUT2D eigenvalue weighted by atomic mass is 10.2. The van der Waals surface area contributed by atoms with Gasteiger partial charge in [0, 0.05) is 12.4 Å². The third-order valence-electron chi connectivity index (χ3n) is 2.78. The normalized spacial score (nSPS) is 11.8. The van der Waals surface area contributed by atoms with Crippen LogP contribution in [-0.2, 0) is 12.7 Å². The van der Waals surface area contributed by atoms with Crippen LogP contribution < -0.4 is 0 Å². The van der Waals surface area contributed by atoms with Gasteiger partial charge in [-0.3, -0.25) is 10.1 Å². The molecule has 3 rings (SSSR count). The fourth-order valence-electron chi connectivity index (χ4n) is 1.75. The van der Waals surface area contributed by atoms with E-state index in [9.17, 15) is 13.2 Å². The van der Waals surface area contributed by atoms with Crippen molar-refractivity contribution in [1.29, 1.82) is 0 Å². The van der Waals surface area contributed by atoms with E-state index in [0.717, 1.165) is 18.0 Å². The summed E-state index contributed by atoms with van der Waals surface area (Å²) in [6.07, 6.45) is -0.395. The average molecular weight is 294 g/mol. The second-order valence-electron chi connectivity index (χ2n) is 4.31. The molecule has 0 aliphatic rings. The highest BCUT2D eigenvalue weighted by atomic mass is 19.4. The highest BCUT2D eigenvalue weighted by molar-refractivity contribution is 5.52. The van der Waals surface area contributed by atoms with E-state index in [-0.39, 0.29) is 0 Å². The topological polar surface area (TPSA) is 72.3 Å². The first-order chi connectivity index (χ1) is 10.0. The van der Waals surface area contributed by atoms with Crippen molar-refractivity contribution in [3.8, 4) is 11.4 Å². The molecule has 9 heteroatoms. The molecule has 0 fully saturated rings. The van der Waals surface area contributed by atoms with E-state index in [0.29, 0.717) is 17.9 Å². The van der Waals surface area contributed by atoms with Gasteiger partial charge in [0.1, 0.15) is 5.69 Å². The summed E-state index contributed by atoms with van der Waals surface area (Å²) in [6.45, 7) is 0.438. The van der Waals surface area contributed by atoms with E-state index in [1.165, 1.54) is 6.07 Å². The van der Waals surface area contributed by atoms with Gasteiger partial charge in [-0.05, 0) is 18.2 Å². The van der Waals surface area contributed by atoms with Crippen molar-refractivity contribution >= 4 is 0 Å². The number of pyridine rings is 1. The zero-order chi connectivity index (χ0) is 14.9. The van der Waals surface area contributed by atoms with Crippen LogP contribution in [0.1, 0.15) is 11.3 Å². The first-order valence-corrected chi connectivity index (χ1v) is 5.94. The van der Waals surface area contributed by atoms with E-state index in [2.05, 4.69) is 25.5 Å². The number of nitrogens with zero attached hydrogens (tertiary/aromatic N) is 5. The molecular formula is C12H9F3N6. The van der Waals surface area contributed by atoms with E-state index >= 15 is 0 Å². The van der Waals surface area contributed by atoms with Gasteiger partial charge in [-0.25, -0.2) is 4.68 Å². The van der Waals surface area contributed by atoms with Crippen molar-refractivity contribution in [3.05, 3.63) is 48.0 Å². The number of alkyl halides is 3.